The predicted octanol–water partition coefficient (Wildman–Crippen LogP) is 1.95. The van der Waals surface area contributed by atoms with Crippen LogP contribution in [0.5, 0.6) is 11.5 Å². The third kappa shape index (κ3) is 2.92. The number of halogens is 5. The number of carbonyl (C=O) groups excluding carboxylic acids is 2. The standard InChI is InChI=1S/C14H9ClF4N2O5/c15-6-3-9-10(26-14(18,19)13(16,17)25-9)4-7(6)20-8-5-11(23)21(1-2-22)12(8)24/h3-5,20,22H,1-2H2. The Morgan fingerprint density at radius 2 is 1.69 bits per heavy atom. The Kier molecular flexibility index (Phi) is 4.23. The van der Waals surface area contributed by atoms with Gasteiger partial charge in [-0.05, 0) is 0 Å². The van der Waals surface area contributed by atoms with Gasteiger partial charge in [0.15, 0.2) is 11.5 Å². The Labute approximate surface area is 147 Å². The molecule has 2 amide bonds. The number of aliphatic hydroxyl groups is 1. The summed E-state index contributed by atoms with van der Waals surface area (Å²) in [6.45, 7) is -0.692. The first-order chi connectivity index (χ1) is 12.1. The number of anilines is 1. The Balaban J connectivity index is 1.89. The van der Waals surface area contributed by atoms with Gasteiger partial charge < -0.3 is 19.9 Å². The van der Waals surface area contributed by atoms with E-state index in [4.69, 9.17) is 16.7 Å². The SMILES string of the molecule is O=C1C=C(Nc2cc3c(cc2Cl)OC(F)(F)C(F)(F)O3)C(=O)N1CCO. The van der Waals surface area contributed by atoms with Gasteiger partial charge in [-0.1, -0.05) is 11.6 Å². The monoisotopic (exact) mass is 396 g/mol. The lowest BCUT2D eigenvalue weighted by Crippen LogP contribution is -2.52. The molecule has 2 aliphatic heterocycles. The Hall–Kier alpha value is -2.53. The first-order valence-corrected chi connectivity index (χ1v) is 7.36. The van der Waals surface area contributed by atoms with Crippen molar-refractivity contribution in [1.82, 2.24) is 4.90 Å². The van der Waals surface area contributed by atoms with Crippen molar-refractivity contribution in [3.63, 3.8) is 0 Å². The van der Waals surface area contributed by atoms with Crippen LogP contribution in [0.1, 0.15) is 0 Å². The average Bonchev–Trinajstić information content (AvgIpc) is 2.78. The van der Waals surface area contributed by atoms with Crippen LogP contribution in [-0.2, 0) is 9.59 Å². The minimum Gasteiger partial charge on any atom is -0.421 e. The number of hydrogen-bond donors (Lipinski definition) is 2. The van der Waals surface area contributed by atoms with E-state index in [9.17, 15) is 27.2 Å². The van der Waals surface area contributed by atoms with Crippen LogP contribution in [-0.4, -0.2) is 47.2 Å². The highest BCUT2D eigenvalue weighted by Crippen LogP contribution is 2.49. The van der Waals surface area contributed by atoms with Crippen LogP contribution in [0.15, 0.2) is 23.9 Å². The molecule has 0 saturated heterocycles. The summed E-state index contributed by atoms with van der Waals surface area (Å²) in [5, 5.41) is 11.0. The van der Waals surface area contributed by atoms with Crippen LogP contribution in [0.4, 0.5) is 23.2 Å². The van der Waals surface area contributed by atoms with Gasteiger partial charge in [0.2, 0.25) is 0 Å². The lowest BCUT2D eigenvalue weighted by atomic mass is 10.2. The van der Waals surface area contributed by atoms with Crippen molar-refractivity contribution in [1.29, 1.82) is 0 Å². The minimum atomic E-state index is -4.92. The Morgan fingerprint density at radius 1 is 1.12 bits per heavy atom. The van der Waals surface area contributed by atoms with E-state index >= 15 is 0 Å². The first kappa shape index (κ1) is 18.3. The van der Waals surface area contributed by atoms with Crippen LogP contribution >= 0.6 is 11.6 Å². The van der Waals surface area contributed by atoms with Gasteiger partial charge in [-0.3, -0.25) is 14.5 Å². The summed E-state index contributed by atoms with van der Waals surface area (Å²) >= 11 is 5.88. The second-order valence-electron chi connectivity index (χ2n) is 5.22. The van der Waals surface area contributed by atoms with Crippen molar-refractivity contribution in [3.05, 3.63) is 28.9 Å². The number of alkyl halides is 4. The zero-order chi connectivity index (χ0) is 19.3. The summed E-state index contributed by atoms with van der Waals surface area (Å²) in [5.74, 6) is -2.95. The number of amides is 2. The molecule has 2 heterocycles. The van der Waals surface area contributed by atoms with Gasteiger partial charge in [-0.25, -0.2) is 0 Å². The summed E-state index contributed by atoms with van der Waals surface area (Å²) in [5.41, 5.74) is -0.410. The molecule has 0 saturated carbocycles. The van der Waals surface area contributed by atoms with E-state index in [0.717, 1.165) is 23.1 Å². The lowest BCUT2D eigenvalue weighted by Gasteiger charge is -2.32. The number of nitrogens with one attached hydrogen (secondary N) is 1. The zero-order valence-corrected chi connectivity index (χ0v) is 13.3. The van der Waals surface area contributed by atoms with Gasteiger partial charge in [0.05, 0.1) is 23.9 Å². The molecule has 0 aliphatic carbocycles. The number of fused-ring (bicyclic) bond motifs is 1. The normalized spacial score (nSPS) is 20.2. The molecule has 12 heteroatoms. The van der Waals surface area contributed by atoms with Crippen LogP contribution in [0.3, 0.4) is 0 Å². The van der Waals surface area contributed by atoms with Crippen molar-refractivity contribution >= 4 is 29.1 Å². The molecule has 0 spiro atoms. The quantitative estimate of drug-likeness (QED) is 0.597. The highest BCUT2D eigenvalue weighted by Gasteiger charge is 2.66. The van der Waals surface area contributed by atoms with E-state index < -0.39 is 42.1 Å². The molecular weight excluding hydrogens is 388 g/mol. The molecule has 0 unspecified atom stereocenters. The molecule has 2 N–H and O–H groups in total. The zero-order valence-electron chi connectivity index (χ0n) is 12.6. The summed E-state index contributed by atoms with van der Waals surface area (Å²) in [7, 11) is 0. The summed E-state index contributed by atoms with van der Waals surface area (Å²) in [6.07, 6.45) is -8.89. The smallest absolute Gasteiger partial charge is 0.421 e. The van der Waals surface area contributed by atoms with Crippen LogP contribution in [0, 0.1) is 0 Å². The van der Waals surface area contributed by atoms with Gasteiger partial charge in [0, 0.05) is 18.2 Å². The van der Waals surface area contributed by atoms with Gasteiger partial charge in [0.1, 0.15) is 5.70 Å². The van der Waals surface area contributed by atoms with E-state index in [1.54, 1.807) is 0 Å². The fraction of sp³-hybridized carbons (Fsp3) is 0.286. The maximum Gasteiger partial charge on any atom is 0.507 e. The van der Waals surface area contributed by atoms with Gasteiger partial charge in [-0.15, -0.1) is 0 Å². The largest absolute Gasteiger partial charge is 0.507 e. The maximum atomic E-state index is 13.3. The number of imide groups is 1. The Bertz CT molecular complexity index is 830. The highest BCUT2D eigenvalue weighted by molar-refractivity contribution is 6.33. The van der Waals surface area contributed by atoms with Crippen LogP contribution in [0.25, 0.3) is 0 Å². The maximum absolute atomic E-state index is 13.3. The molecule has 0 bridgehead atoms. The van der Waals surface area contributed by atoms with Gasteiger partial charge in [0.25, 0.3) is 11.8 Å². The molecule has 26 heavy (non-hydrogen) atoms. The molecule has 3 rings (SSSR count). The number of carbonyl (C=O) groups is 2. The predicted molar refractivity (Wildman–Crippen MR) is 78.1 cm³/mol. The molecule has 140 valence electrons. The summed E-state index contributed by atoms with van der Waals surface area (Å²) in [4.78, 5) is 24.4. The number of benzene rings is 1. The molecule has 0 atom stereocenters. The van der Waals surface area contributed by atoms with Crippen LogP contribution in [0.2, 0.25) is 5.02 Å². The van der Waals surface area contributed by atoms with Gasteiger partial charge in [-0.2, -0.15) is 17.6 Å². The minimum absolute atomic E-state index is 0.159. The van der Waals surface area contributed by atoms with Crippen molar-refractivity contribution in [2.45, 2.75) is 12.2 Å². The molecule has 2 aliphatic rings. The number of aliphatic hydroxyl groups excluding tert-OH is 1. The Morgan fingerprint density at radius 3 is 2.27 bits per heavy atom. The third-order valence-electron chi connectivity index (χ3n) is 3.45. The fourth-order valence-corrected chi connectivity index (χ4v) is 2.44. The number of nitrogens with zero attached hydrogens (tertiary/aromatic N) is 1. The van der Waals surface area contributed by atoms with Gasteiger partial charge >= 0.3 is 12.2 Å². The number of ether oxygens (including phenoxy) is 2. The average molecular weight is 397 g/mol. The van der Waals surface area contributed by atoms with E-state index in [1.165, 1.54) is 0 Å². The van der Waals surface area contributed by atoms with Crippen molar-refractivity contribution in [2.75, 3.05) is 18.5 Å². The third-order valence-corrected chi connectivity index (χ3v) is 3.76. The van der Waals surface area contributed by atoms with E-state index in [1.807, 2.05) is 0 Å². The highest BCUT2D eigenvalue weighted by atomic mass is 35.5. The molecule has 0 radical (unpaired) electrons. The molecule has 1 aromatic rings. The molecular formula is C14H9ClF4N2O5. The second kappa shape index (κ2) is 6.02. The fourth-order valence-electron chi connectivity index (χ4n) is 2.24. The molecule has 0 aromatic heterocycles. The topological polar surface area (TPSA) is 88.1 Å². The molecule has 7 nitrogen and oxygen atoms in total. The summed E-state index contributed by atoms with van der Waals surface area (Å²) < 4.78 is 60.7. The van der Waals surface area contributed by atoms with E-state index in [2.05, 4.69) is 14.8 Å². The van der Waals surface area contributed by atoms with Crippen molar-refractivity contribution < 1.29 is 41.7 Å². The van der Waals surface area contributed by atoms with Crippen molar-refractivity contribution in [3.8, 4) is 11.5 Å². The molecule has 1 aromatic carbocycles. The number of rotatable bonds is 4. The first-order valence-electron chi connectivity index (χ1n) is 6.98. The van der Waals surface area contributed by atoms with Crippen molar-refractivity contribution in [2.24, 2.45) is 0 Å². The molecule has 0 fully saturated rings. The van der Waals surface area contributed by atoms with E-state index in [-0.39, 0.29) is 23.0 Å². The lowest BCUT2D eigenvalue weighted by molar-refractivity contribution is -0.391. The second-order valence-corrected chi connectivity index (χ2v) is 5.63. The number of β-amino-alcohol motifs (C(OH)–C–C–N with tert-alkyl or cyclic N) is 1. The number of hydrogen-bond acceptors (Lipinski definition) is 6. The van der Waals surface area contributed by atoms with E-state index in [0.29, 0.717) is 0 Å². The van der Waals surface area contributed by atoms with Crippen LogP contribution < -0.4 is 14.8 Å². The summed E-state index contributed by atoms with van der Waals surface area (Å²) in [6, 6.07) is 1.63.